The first kappa shape index (κ1) is 31.2. The summed E-state index contributed by atoms with van der Waals surface area (Å²) in [6.07, 6.45) is 1.48. The van der Waals surface area contributed by atoms with Gasteiger partial charge in [-0.3, -0.25) is 9.59 Å². The zero-order chi connectivity index (χ0) is 31.6. The summed E-state index contributed by atoms with van der Waals surface area (Å²) in [4.78, 5) is 29.5. The fourth-order valence-electron chi connectivity index (χ4n) is 4.01. The van der Waals surface area contributed by atoms with Crippen LogP contribution >= 0.6 is 22.9 Å². The average molecular weight is 644 g/mol. The molecule has 9 nitrogen and oxygen atoms in total. The van der Waals surface area contributed by atoms with Crippen LogP contribution < -0.4 is 25.5 Å². The van der Waals surface area contributed by atoms with E-state index in [0.29, 0.717) is 39.9 Å². The minimum atomic E-state index is -0.409. The highest BCUT2D eigenvalue weighted by Gasteiger charge is 2.11. The Balaban J connectivity index is 1.14. The van der Waals surface area contributed by atoms with Gasteiger partial charge in [-0.05, 0) is 91.3 Å². The highest BCUT2D eigenvalue weighted by atomic mass is 35.5. The van der Waals surface area contributed by atoms with Crippen LogP contribution in [0.4, 0.5) is 20.9 Å². The lowest BCUT2D eigenvalue weighted by Crippen LogP contribution is -2.20. The standard InChI is InChI=1S/C33H27ClFN5O4S/c1-2-43-30-17-21(3-16-29(30)44-19-31(41)37-26-14-10-25(35)11-15-26)18-36-40-32(42)23-6-4-22(5-7-23)28-20-45-33(39-28)38-27-12-8-24(34)9-13-27/h3-18,20H,2,19H2,1H3,(H,37,41)(H,38,39)(H,40,42)/b36-18-. The summed E-state index contributed by atoms with van der Waals surface area (Å²) in [6.45, 7) is 1.92. The lowest BCUT2D eigenvalue weighted by molar-refractivity contribution is -0.118. The van der Waals surface area contributed by atoms with Crippen LogP contribution in [0.2, 0.25) is 5.02 Å². The molecule has 0 atom stereocenters. The Bertz CT molecular complexity index is 1800. The monoisotopic (exact) mass is 643 g/mol. The Morgan fingerprint density at radius 2 is 1.67 bits per heavy atom. The molecular formula is C33H27ClFN5O4S. The van der Waals surface area contributed by atoms with Gasteiger partial charge < -0.3 is 20.1 Å². The molecular weight excluding hydrogens is 617 g/mol. The van der Waals surface area contributed by atoms with E-state index >= 15 is 0 Å². The van der Waals surface area contributed by atoms with Gasteiger partial charge in [0.15, 0.2) is 23.2 Å². The van der Waals surface area contributed by atoms with Gasteiger partial charge in [-0.15, -0.1) is 11.3 Å². The first-order valence-electron chi connectivity index (χ1n) is 13.7. The van der Waals surface area contributed by atoms with Crippen molar-refractivity contribution in [3.63, 3.8) is 0 Å². The lowest BCUT2D eigenvalue weighted by Gasteiger charge is -2.12. The highest BCUT2D eigenvalue weighted by Crippen LogP contribution is 2.29. The van der Waals surface area contributed by atoms with Crippen molar-refractivity contribution in [1.82, 2.24) is 10.4 Å². The summed E-state index contributed by atoms with van der Waals surface area (Å²) < 4.78 is 24.4. The molecule has 3 N–H and O–H groups in total. The summed E-state index contributed by atoms with van der Waals surface area (Å²) in [5.74, 6) is -0.410. The molecule has 5 rings (SSSR count). The van der Waals surface area contributed by atoms with Crippen molar-refractivity contribution in [3.05, 3.63) is 118 Å². The van der Waals surface area contributed by atoms with Crippen molar-refractivity contribution >= 4 is 57.5 Å². The summed E-state index contributed by atoms with van der Waals surface area (Å²) in [5.41, 5.74) is 6.59. The number of hydrogen-bond acceptors (Lipinski definition) is 8. The first-order chi connectivity index (χ1) is 21.9. The van der Waals surface area contributed by atoms with Crippen LogP contribution in [0.15, 0.2) is 101 Å². The predicted molar refractivity (Wildman–Crippen MR) is 175 cm³/mol. The Morgan fingerprint density at radius 1 is 0.933 bits per heavy atom. The maximum atomic E-state index is 13.1. The Hall–Kier alpha value is -5.26. The molecule has 0 unspecified atom stereocenters. The van der Waals surface area contributed by atoms with Gasteiger partial charge in [0.05, 0.1) is 18.5 Å². The molecule has 1 heterocycles. The number of nitrogens with one attached hydrogen (secondary N) is 3. The Labute approximate surface area is 267 Å². The van der Waals surface area contributed by atoms with Crippen LogP contribution in [-0.2, 0) is 4.79 Å². The molecule has 0 aliphatic heterocycles. The number of carbonyl (C=O) groups is 2. The molecule has 0 saturated carbocycles. The fourth-order valence-corrected chi connectivity index (χ4v) is 4.87. The van der Waals surface area contributed by atoms with Crippen molar-refractivity contribution in [2.24, 2.45) is 5.10 Å². The summed E-state index contributed by atoms with van der Waals surface area (Å²) >= 11 is 7.42. The van der Waals surface area contributed by atoms with E-state index in [1.165, 1.54) is 41.8 Å². The number of thiazole rings is 1. The van der Waals surface area contributed by atoms with E-state index in [1.807, 2.05) is 36.6 Å². The second-order valence-electron chi connectivity index (χ2n) is 9.43. The molecule has 0 bridgehead atoms. The maximum Gasteiger partial charge on any atom is 0.271 e. The number of benzene rings is 4. The van der Waals surface area contributed by atoms with Gasteiger partial charge in [0.25, 0.3) is 11.8 Å². The van der Waals surface area contributed by atoms with Gasteiger partial charge in [0.2, 0.25) is 0 Å². The SMILES string of the molecule is CCOc1cc(/C=N\NC(=O)c2ccc(-c3csc(Nc4ccc(Cl)cc4)n3)cc2)ccc1OCC(=O)Nc1ccc(F)cc1. The third-order valence-corrected chi connectivity index (χ3v) is 7.19. The van der Waals surface area contributed by atoms with Crippen molar-refractivity contribution < 1.29 is 23.5 Å². The smallest absolute Gasteiger partial charge is 0.271 e. The number of hydrogen-bond donors (Lipinski definition) is 3. The highest BCUT2D eigenvalue weighted by molar-refractivity contribution is 7.14. The number of nitrogens with zero attached hydrogens (tertiary/aromatic N) is 2. The second kappa shape index (κ2) is 15.0. The van der Waals surface area contributed by atoms with E-state index < -0.39 is 11.7 Å². The van der Waals surface area contributed by atoms with E-state index in [9.17, 15) is 14.0 Å². The van der Waals surface area contributed by atoms with E-state index in [-0.39, 0.29) is 12.5 Å². The number of amides is 2. The van der Waals surface area contributed by atoms with E-state index in [4.69, 9.17) is 21.1 Å². The first-order valence-corrected chi connectivity index (χ1v) is 15.0. The Morgan fingerprint density at radius 3 is 2.40 bits per heavy atom. The number of rotatable bonds is 12. The zero-order valence-electron chi connectivity index (χ0n) is 23.9. The number of aromatic nitrogens is 1. The lowest BCUT2D eigenvalue weighted by atomic mass is 10.1. The third kappa shape index (κ3) is 8.88. The van der Waals surface area contributed by atoms with Crippen molar-refractivity contribution in [2.45, 2.75) is 6.92 Å². The molecule has 0 spiro atoms. The van der Waals surface area contributed by atoms with Crippen LogP contribution in [-0.4, -0.2) is 36.2 Å². The minimum Gasteiger partial charge on any atom is -0.490 e. The molecule has 4 aromatic carbocycles. The minimum absolute atomic E-state index is 0.274. The quantitative estimate of drug-likeness (QED) is 0.0957. The Kier molecular flexibility index (Phi) is 10.4. The maximum absolute atomic E-state index is 13.1. The molecule has 1 aromatic heterocycles. The van der Waals surface area contributed by atoms with Crippen LogP contribution in [0, 0.1) is 5.82 Å². The predicted octanol–water partition coefficient (Wildman–Crippen LogP) is 7.53. The van der Waals surface area contributed by atoms with Gasteiger partial charge in [-0.2, -0.15) is 5.10 Å². The molecule has 0 aliphatic carbocycles. The van der Waals surface area contributed by atoms with Crippen molar-refractivity contribution in [2.75, 3.05) is 23.8 Å². The number of halogens is 2. The van der Waals surface area contributed by atoms with Gasteiger partial charge in [0, 0.05) is 32.9 Å². The van der Waals surface area contributed by atoms with Crippen molar-refractivity contribution in [3.8, 4) is 22.8 Å². The third-order valence-electron chi connectivity index (χ3n) is 6.18. The van der Waals surface area contributed by atoms with Gasteiger partial charge in [-0.1, -0.05) is 23.7 Å². The van der Waals surface area contributed by atoms with E-state index in [1.54, 1.807) is 42.5 Å². The molecule has 0 aliphatic rings. The summed E-state index contributed by atoms with van der Waals surface area (Å²) in [5, 5.41) is 13.3. The number of hydrazone groups is 1. The van der Waals surface area contributed by atoms with Crippen LogP contribution in [0.1, 0.15) is 22.8 Å². The largest absolute Gasteiger partial charge is 0.490 e. The molecule has 0 radical (unpaired) electrons. The summed E-state index contributed by atoms with van der Waals surface area (Å²) in [6, 6.07) is 24.9. The van der Waals surface area contributed by atoms with Crippen LogP contribution in [0.3, 0.4) is 0 Å². The summed E-state index contributed by atoms with van der Waals surface area (Å²) in [7, 11) is 0. The number of anilines is 3. The normalized spacial score (nSPS) is 10.8. The molecule has 228 valence electrons. The molecule has 12 heteroatoms. The number of carbonyl (C=O) groups excluding carboxylic acids is 2. The topological polar surface area (TPSA) is 114 Å². The molecule has 0 fully saturated rings. The molecule has 5 aromatic rings. The van der Waals surface area contributed by atoms with E-state index in [2.05, 4.69) is 26.1 Å². The number of ether oxygens (including phenoxy) is 2. The molecule has 45 heavy (non-hydrogen) atoms. The van der Waals surface area contributed by atoms with Gasteiger partial charge in [0.1, 0.15) is 5.82 Å². The molecule has 2 amide bonds. The second-order valence-corrected chi connectivity index (χ2v) is 10.7. The molecule has 0 saturated heterocycles. The zero-order valence-corrected chi connectivity index (χ0v) is 25.5. The van der Waals surface area contributed by atoms with Crippen LogP contribution in [0.5, 0.6) is 11.5 Å². The van der Waals surface area contributed by atoms with Gasteiger partial charge >= 0.3 is 0 Å². The average Bonchev–Trinajstić information content (AvgIpc) is 3.51. The van der Waals surface area contributed by atoms with E-state index in [0.717, 1.165) is 22.1 Å². The van der Waals surface area contributed by atoms with Crippen molar-refractivity contribution in [1.29, 1.82) is 0 Å². The van der Waals surface area contributed by atoms with Gasteiger partial charge in [-0.25, -0.2) is 14.8 Å². The van der Waals surface area contributed by atoms with Crippen LogP contribution in [0.25, 0.3) is 11.3 Å². The fraction of sp³-hybridized carbons (Fsp3) is 0.0909.